The van der Waals surface area contributed by atoms with Crippen LogP contribution in [0.1, 0.15) is 40.0 Å². The van der Waals surface area contributed by atoms with Crippen LogP contribution in [0.5, 0.6) is 0 Å². The molecule has 0 fully saturated rings. The van der Waals surface area contributed by atoms with Gasteiger partial charge in [0.25, 0.3) is 0 Å². The van der Waals surface area contributed by atoms with Gasteiger partial charge < -0.3 is 5.11 Å². The molecule has 0 atom stereocenters. The average molecular weight is 360 g/mol. The summed E-state index contributed by atoms with van der Waals surface area (Å²) in [6, 6.07) is 8.36. The number of nitrogens with one attached hydrogen (secondary N) is 1. The van der Waals surface area contributed by atoms with Crippen molar-refractivity contribution < 1.29 is 18.3 Å². The summed E-state index contributed by atoms with van der Waals surface area (Å²) in [5, 5.41) is 9.28. The van der Waals surface area contributed by atoms with Crippen molar-refractivity contribution >= 4 is 16.0 Å². The fourth-order valence-corrected chi connectivity index (χ4v) is 4.49. The number of rotatable bonds is 6. The summed E-state index contributed by atoms with van der Waals surface area (Å²) in [7, 11) is -3.77. The van der Waals surface area contributed by atoms with E-state index in [2.05, 4.69) is 9.71 Å². The molecule has 132 valence electrons. The summed E-state index contributed by atoms with van der Waals surface area (Å²) in [6.07, 6.45) is 5.37. The molecular formula is C18H20N2O4S. The van der Waals surface area contributed by atoms with Crippen LogP contribution in [0.2, 0.25) is 0 Å². The van der Waals surface area contributed by atoms with Gasteiger partial charge in [0.1, 0.15) is 0 Å². The Kier molecular flexibility index (Phi) is 5.15. The first-order valence-corrected chi connectivity index (χ1v) is 9.74. The van der Waals surface area contributed by atoms with Crippen LogP contribution in [0.15, 0.2) is 41.4 Å². The third kappa shape index (κ3) is 4.05. The van der Waals surface area contributed by atoms with E-state index in [1.807, 2.05) is 12.1 Å². The van der Waals surface area contributed by atoms with E-state index in [0.717, 1.165) is 29.7 Å². The van der Waals surface area contributed by atoms with E-state index in [0.29, 0.717) is 19.3 Å². The minimum Gasteiger partial charge on any atom is -0.478 e. The summed E-state index contributed by atoms with van der Waals surface area (Å²) < 4.78 is 28.1. The van der Waals surface area contributed by atoms with Gasteiger partial charge in [-0.2, -0.15) is 0 Å². The van der Waals surface area contributed by atoms with Crippen molar-refractivity contribution in [2.24, 2.45) is 0 Å². The Hall–Kier alpha value is -2.25. The number of aromatic nitrogens is 1. The van der Waals surface area contributed by atoms with Crippen LogP contribution in [0.3, 0.4) is 0 Å². The molecule has 1 heterocycles. The van der Waals surface area contributed by atoms with Crippen LogP contribution in [0.25, 0.3) is 0 Å². The second-order valence-electron chi connectivity index (χ2n) is 6.09. The molecule has 0 bridgehead atoms. The molecule has 0 spiro atoms. The number of carboxylic acid groups (broad SMARTS) is 1. The molecule has 1 aliphatic carbocycles. The van der Waals surface area contributed by atoms with Gasteiger partial charge in [0.05, 0.1) is 10.5 Å². The molecule has 0 unspecified atom stereocenters. The molecule has 1 aliphatic rings. The topological polar surface area (TPSA) is 96.4 Å². The molecule has 3 rings (SSSR count). The standard InChI is InChI=1S/C18H20N2O4S/c21-18(22)14-11-13-5-1-2-7-16(13)17(12-14)25(23,24)20-10-8-15-6-3-4-9-19-15/h3-4,6,9,11-12,20H,1-2,5,7-8,10H2,(H,21,22). The van der Waals surface area contributed by atoms with E-state index in [4.69, 9.17) is 0 Å². The molecular weight excluding hydrogens is 340 g/mol. The van der Waals surface area contributed by atoms with Gasteiger partial charge in [-0.3, -0.25) is 4.98 Å². The second-order valence-corrected chi connectivity index (χ2v) is 7.83. The summed E-state index contributed by atoms with van der Waals surface area (Å²) in [5.41, 5.74) is 2.40. The van der Waals surface area contributed by atoms with E-state index >= 15 is 0 Å². The predicted octanol–water partition coefficient (Wildman–Crippen LogP) is 2.18. The number of sulfonamides is 1. The molecule has 0 aliphatic heterocycles. The number of benzene rings is 1. The van der Waals surface area contributed by atoms with E-state index in [9.17, 15) is 18.3 Å². The Morgan fingerprint density at radius 2 is 2.00 bits per heavy atom. The molecule has 0 saturated carbocycles. The average Bonchev–Trinajstić information content (AvgIpc) is 2.61. The van der Waals surface area contributed by atoms with E-state index in [-0.39, 0.29) is 17.0 Å². The van der Waals surface area contributed by atoms with Crippen molar-refractivity contribution in [2.45, 2.75) is 37.0 Å². The van der Waals surface area contributed by atoms with Crippen LogP contribution in [-0.2, 0) is 29.3 Å². The van der Waals surface area contributed by atoms with Crippen LogP contribution >= 0.6 is 0 Å². The van der Waals surface area contributed by atoms with Gasteiger partial charge in [-0.1, -0.05) is 6.07 Å². The van der Waals surface area contributed by atoms with Crippen LogP contribution in [0.4, 0.5) is 0 Å². The summed E-state index contributed by atoms with van der Waals surface area (Å²) in [5.74, 6) is -1.11. The lowest BCUT2D eigenvalue weighted by molar-refractivity contribution is 0.0696. The fraction of sp³-hybridized carbons (Fsp3) is 0.333. The van der Waals surface area contributed by atoms with Crippen LogP contribution in [0, 0.1) is 0 Å². The number of carboxylic acids is 1. The highest BCUT2D eigenvalue weighted by Gasteiger charge is 2.25. The SMILES string of the molecule is O=C(O)c1cc2c(c(S(=O)(=O)NCCc3ccccn3)c1)CCCC2. The zero-order valence-electron chi connectivity index (χ0n) is 13.7. The smallest absolute Gasteiger partial charge is 0.335 e. The highest BCUT2D eigenvalue weighted by atomic mass is 32.2. The highest BCUT2D eigenvalue weighted by Crippen LogP contribution is 2.29. The van der Waals surface area contributed by atoms with Gasteiger partial charge in [-0.05, 0) is 61.1 Å². The van der Waals surface area contributed by atoms with Crippen molar-refractivity contribution in [1.82, 2.24) is 9.71 Å². The zero-order valence-corrected chi connectivity index (χ0v) is 14.6. The van der Waals surface area contributed by atoms with Crippen molar-refractivity contribution in [3.8, 4) is 0 Å². The summed E-state index contributed by atoms with van der Waals surface area (Å²) in [6.45, 7) is 0.214. The fourth-order valence-electron chi connectivity index (χ4n) is 3.13. The number of aryl methyl sites for hydroxylation is 1. The van der Waals surface area contributed by atoms with Crippen molar-refractivity contribution in [2.75, 3.05) is 6.54 Å². The lowest BCUT2D eigenvalue weighted by Crippen LogP contribution is -2.28. The first-order chi connectivity index (χ1) is 12.0. The molecule has 25 heavy (non-hydrogen) atoms. The normalized spacial score (nSPS) is 14.1. The lowest BCUT2D eigenvalue weighted by atomic mass is 9.90. The Balaban J connectivity index is 1.85. The van der Waals surface area contributed by atoms with Gasteiger partial charge in [0.15, 0.2) is 0 Å². The minimum atomic E-state index is -3.77. The third-order valence-corrected chi connectivity index (χ3v) is 5.89. The first-order valence-electron chi connectivity index (χ1n) is 8.26. The van der Waals surface area contributed by atoms with Crippen molar-refractivity contribution in [3.63, 3.8) is 0 Å². The number of fused-ring (bicyclic) bond motifs is 1. The predicted molar refractivity (Wildman–Crippen MR) is 93.2 cm³/mol. The number of hydrogen-bond acceptors (Lipinski definition) is 4. The molecule has 0 amide bonds. The Morgan fingerprint density at radius 1 is 1.20 bits per heavy atom. The summed E-state index contributed by atoms with van der Waals surface area (Å²) >= 11 is 0. The maximum Gasteiger partial charge on any atom is 0.335 e. The lowest BCUT2D eigenvalue weighted by Gasteiger charge is -2.20. The van der Waals surface area contributed by atoms with Gasteiger partial charge >= 0.3 is 5.97 Å². The molecule has 1 aromatic heterocycles. The molecule has 6 nitrogen and oxygen atoms in total. The largest absolute Gasteiger partial charge is 0.478 e. The molecule has 2 N–H and O–H groups in total. The number of carbonyl (C=O) groups is 1. The maximum atomic E-state index is 12.7. The maximum absolute atomic E-state index is 12.7. The summed E-state index contributed by atoms with van der Waals surface area (Å²) in [4.78, 5) is 15.6. The molecule has 0 radical (unpaired) electrons. The Labute approximate surface area is 147 Å². The van der Waals surface area contributed by atoms with Gasteiger partial charge in [-0.15, -0.1) is 0 Å². The van der Waals surface area contributed by atoms with Crippen molar-refractivity contribution in [1.29, 1.82) is 0 Å². The van der Waals surface area contributed by atoms with E-state index in [1.54, 1.807) is 18.3 Å². The van der Waals surface area contributed by atoms with E-state index in [1.165, 1.54) is 6.07 Å². The zero-order chi connectivity index (χ0) is 17.9. The van der Waals surface area contributed by atoms with Gasteiger partial charge in [-0.25, -0.2) is 17.9 Å². The number of aromatic carboxylic acids is 1. The minimum absolute atomic E-state index is 0.0192. The Morgan fingerprint density at radius 3 is 2.72 bits per heavy atom. The van der Waals surface area contributed by atoms with Crippen LogP contribution in [-0.4, -0.2) is 31.0 Å². The molecule has 2 aromatic rings. The van der Waals surface area contributed by atoms with Gasteiger partial charge in [0.2, 0.25) is 10.0 Å². The van der Waals surface area contributed by atoms with Gasteiger partial charge in [0, 0.05) is 24.9 Å². The molecule has 0 saturated heterocycles. The third-order valence-electron chi connectivity index (χ3n) is 4.36. The van der Waals surface area contributed by atoms with Crippen LogP contribution < -0.4 is 4.72 Å². The van der Waals surface area contributed by atoms with Crippen molar-refractivity contribution in [3.05, 3.63) is 58.9 Å². The number of hydrogen-bond donors (Lipinski definition) is 2. The Bertz CT molecular complexity index is 879. The number of pyridine rings is 1. The molecule has 1 aromatic carbocycles. The second kappa shape index (κ2) is 7.33. The quantitative estimate of drug-likeness (QED) is 0.823. The number of nitrogens with zero attached hydrogens (tertiary/aromatic N) is 1. The molecule has 7 heteroatoms. The first kappa shape index (κ1) is 17.6. The monoisotopic (exact) mass is 360 g/mol. The van der Waals surface area contributed by atoms with E-state index < -0.39 is 16.0 Å². The highest BCUT2D eigenvalue weighted by molar-refractivity contribution is 7.89.